The van der Waals surface area contributed by atoms with Crippen LogP contribution < -0.4 is 11.1 Å². The lowest BCUT2D eigenvalue weighted by atomic mass is 9.47. The number of rotatable bonds is 4. The Balaban J connectivity index is 1.53. The summed E-state index contributed by atoms with van der Waals surface area (Å²) in [6.45, 7) is 0.790. The van der Waals surface area contributed by atoms with E-state index in [0.29, 0.717) is 23.3 Å². The Hall–Kier alpha value is -2.08. The predicted octanol–water partition coefficient (Wildman–Crippen LogP) is 1.86. The third-order valence-corrected chi connectivity index (χ3v) is 5.38. The molecular formula is C16H20N6. The minimum Gasteiger partial charge on any atom is -0.351 e. The van der Waals surface area contributed by atoms with Gasteiger partial charge in [0, 0.05) is 24.6 Å². The second kappa shape index (κ2) is 5.28. The number of nitrogens with one attached hydrogen (secondary N) is 1. The van der Waals surface area contributed by atoms with Gasteiger partial charge in [-0.3, -0.25) is 9.97 Å². The van der Waals surface area contributed by atoms with Crippen LogP contribution in [0.3, 0.4) is 0 Å². The molecule has 22 heavy (non-hydrogen) atoms. The molecule has 2 atom stereocenters. The van der Waals surface area contributed by atoms with Crippen LogP contribution in [0.1, 0.15) is 25.7 Å². The molecule has 0 radical (unpaired) electrons. The zero-order chi connectivity index (χ0) is 15.0. The topological polar surface area (TPSA) is 89.6 Å². The van der Waals surface area contributed by atoms with E-state index in [1.165, 1.54) is 19.3 Å². The van der Waals surface area contributed by atoms with E-state index in [4.69, 9.17) is 5.73 Å². The molecule has 2 unspecified atom stereocenters. The highest BCUT2D eigenvalue weighted by Crippen LogP contribution is 2.60. The maximum atomic E-state index is 5.90. The highest BCUT2D eigenvalue weighted by Gasteiger charge is 2.57. The highest BCUT2D eigenvalue weighted by atomic mass is 15.1. The summed E-state index contributed by atoms with van der Waals surface area (Å²) >= 11 is 0. The molecule has 2 saturated carbocycles. The van der Waals surface area contributed by atoms with Crippen molar-refractivity contribution in [2.75, 3.05) is 11.9 Å². The van der Waals surface area contributed by atoms with E-state index >= 15 is 0 Å². The summed E-state index contributed by atoms with van der Waals surface area (Å²) in [6, 6.07) is 2.31. The minimum atomic E-state index is 0.390. The van der Waals surface area contributed by atoms with Crippen LogP contribution in [0, 0.1) is 11.3 Å². The predicted molar refractivity (Wildman–Crippen MR) is 83.9 cm³/mol. The highest BCUT2D eigenvalue weighted by molar-refractivity contribution is 5.53. The van der Waals surface area contributed by atoms with E-state index in [0.717, 1.165) is 24.4 Å². The van der Waals surface area contributed by atoms with Crippen LogP contribution >= 0.6 is 0 Å². The van der Waals surface area contributed by atoms with E-state index in [1.807, 2.05) is 6.07 Å². The second-order valence-electron chi connectivity index (χ2n) is 6.31. The lowest BCUT2D eigenvalue weighted by molar-refractivity contribution is -0.0588. The quantitative estimate of drug-likeness (QED) is 0.895. The van der Waals surface area contributed by atoms with Crippen molar-refractivity contribution in [1.29, 1.82) is 0 Å². The first-order valence-corrected chi connectivity index (χ1v) is 7.88. The van der Waals surface area contributed by atoms with Gasteiger partial charge in [-0.05, 0) is 43.2 Å². The van der Waals surface area contributed by atoms with Crippen LogP contribution in [-0.4, -0.2) is 32.5 Å². The molecule has 0 amide bonds. The zero-order valence-electron chi connectivity index (χ0n) is 12.4. The number of hydrogen-bond donors (Lipinski definition) is 2. The van der Waals surface area contributed by atoms with Crippen LogP contribution in [0.2, 0.25) is 0 Å². The Bertz CT molecular complexity index is 655. The van der Waals surface area contributed by atoms with Gasteiger partial charge in [-0.15, -0.1) is 0 Å². The summed E-state index contributed by atoms with van der Waals surface area (Å²) in [5.74, 6) is 1.33. The average Bonchev–Trinajstić information content (AvgIpc) is 2.51. The number of aromatic nitrogens is 4. The Morgan fingerprint density at radius 2 is 2.09 bits per heavy atom. The molecule has 2 aliphatic carbocycles. The molecule has 2 fully saturated rings. The van der Waals surface area contributed by atoms with Crippen LogP contribution in [-0.2, 0) is 0 Å². The van der Waals surface area contributed by atoms with Crippen LogP contribution in [0.25, 0.3) is 11.4 Å². The number of anilines is 1. The summed E-state index contributed by atoms with van der Waals surface area (Å²) in [7, 11) is 0. The molecular weight excluding hydrogens is 276 g/mol. The Morgan fingerprint density at radius 3 is 2.77 bits per heavy atom. The van der Waals surface area contributed by atoms with Crippen molar-refractivity contribution in [1.82, 2.24) is 19.9 Å². The van der Waals surface area contributed by atoms with Crippen molar-refractivity contribution in [3.8, 4) is 11.4 Å². The first kappa shape index (κ1) is 13.6. The van der Waals surface area contributed by atoms with E-state index in [2.05, 4.69) is 25.3 Å². The van der Waals surface area contributed by atoms with Gasteiger partial charge in [0.25, 0.3) is 0 Å². The van der Waals surface area contributed by atoms with Crippen LogP contribution in [0.15, 0.2) is 30.9 Å². The molecule has 2 aromatic rings. The van der Waals surface area contributed by atoms with Gasteiger partial charge in [0.15, 0.2) is 0 Å². The van der Waals surface area contributed by atoms with Gasteiger partial charge in [0.05, 0.1) is 11.9 Å². The van der Waals surface area contributed by atoms with Gasteiger partial charge in [0.1, 0.15) is 5.69 Å². The molecule has 2 aliphatic rings. The summed E-state index contributed by atoms with van der Waals surface area (Å²) < 4.78 is 0. The molecule has 4 rings (SSSR count). The molecule has 2 aromatic heterocycles. The molecule has 0 bridgehead atoms. The maximum absolute atomic E-state index is 5.90. The standard InChI is InChI=1S/C16H20N6/c17-9-11-8-14(16(11)3-1-4-16)22-15-20-5-2-12(21-15)13-10-18-6-7-19-13/h2,5-7,10-11,14H,1,3-4,8-9,17H2,(H,20,21,22). The summed E-state index contributed by atoms with van der Waals surface area (Å²) in [4.78, 5) is 17.3. The molecule has 2 heterocycles. The van der Waals surface area contributed by atoms with Crippen molar-refractivity contribution in [3.63, 3.8) is 0 Å². The van der Waals surface area contributed by atoms with Gasteiger partial charge in [-0.25, -0.2) is 9.97 Å². The molecule has 6 nitrogen and oxygen atoms in total. The van der Waals surface area contributed by atoms with E-state index in [9.17, 15) is 0 Å². The van der Waals surface area contributed by atoms with Gasteiger partial charge < -0.3 is 11.1 Å². The third kappa shape index (κ3) is 2.06. The summed E-state index contributed by atoms with van der Waals surface area (Å²) in [5.41, 5.74) is 7.85. The molecule has 114 valence electrons. The van der Waals surface area contributed by atoms with Crippen LogP contribution in [0.5, 0.6) is 0 Å². The maximum Gasteiger partial charge on any atom is 0.223 e. The Labute approximate surface area is 129 Å². The smallest absolute Gasteiger partial charge is 0.223 e. The fraction of sp³-hybridized carbons (Fsp3) is 0.500. The molecule has 3 N–H and O–H groups in total. The number of nitrogens with two attached hydrogens (primary N) is 1. The zero-order valence-corrected chi connectivity index (χ0v) is 12.4. The van der Waals surface area contributed by atoms with E-state index in [1.54, 1.807) is 24.8 Å². The minimum absolute atomic E-state index is 0.390. The van der Waals surface area contributed by atoms with E-state index in [-0.39, 0.29) is 0 Å². The fourth-order valence-corrected chi connectivity index (χ4v) is 3.91. The first-order valence-electron chi connectivity index (χ1n) is 7.88. The van der Waals surface area contributed by atoms with Gasteiger partial charge >= 0.3 is 0 Å². The fourth-order valence-electron chi connectivity index (χ4n) is 3.91. The number of nitrogens with zero attached hydrogens (tertiary/aromatic N) is 4. The summed E-state index contributed by atoms with van der Waals surface area (Å²) in [6.07, 6.45) is 11.8. The monoisotopic (exact) mass is 296 g/mol. The molecule has 6 heteroatoms. The van der Waals surface area contributed by atoms with Crippen molar-refractivity contribution < 1.29 is 0 Å². The van der Waals surface area contributed by atoms with Gasteiger partial charge in [-0.1, -0.05) is 6.42 Å². The molecule has 0 aliphatic heterocycles. The lowest BCUT2D eigenvalue weighted by Gasteiger charge is -2.61. The molecule has 0 saturated heterocycles. The number of hydrogen-bond acceptors (Lipinski definition) is 6. The largest absolute Gasteiger partial charge is 0.351 e. The Kier molecular flexibility index (Phi) is 3.26. The first-order chi connectivity index (χ1) is 10.8. The van der Waals surface area contributed by atoms with Gasteiger partial charge in [0.2, 0.25) is 5.95 Å². The van der Waals surface area contributed by atoms with E-state index < -0.39 is 0 Å². The van der Waals surface area contributed by atoms with Crippen molar-refractivity contribution >= 4 is 5.95 Å². The van der Waals surface area contributed by atoms with Crippen LogP contribution in [0.4, 0.5) is 5.95 Å². The van der Waals surface area contributed by atoms with Crippen molar-refractivity contribution in [2.45, 2.75) is 31.7 Å². The van der Waals surface area contributed by atoms with Crippen molar-refractivity contribution in [2.24, 2.45) is 17.1 Å². The normalized spacial score (nSPS) is 25.3. The molecule has 0 aromatic carbocycles. The SMILES string of the molecule is NCC1CC(Nc2nccc(-c3cnccn3)n2)C12CCC2. The Morgan fingerprint density at radius 1 is 1.18 bits per heavy atom. The summed E-state index contributed by atoms with van der Waals surface area (Å²) in [5, 5.41) is 3.52. The lowest BCUT2D eigenvalue weighted by Crippen LogP contribution is -2.62. The second-order valence-corrected chi connectivity index (χ2v) is 6.31. The average molecular weight is 296 g/mol. The van der Waals surface area contributed by atoms with Gasteiger partial charge in [-0.2, -0.15) is 0 Å². The van der Waals surface area contributed by atoms with Crippen molar-refractivity contribution in [3.05, 3.63) is 30.9 Å². The third-order valence-electron chi connectivity index (χ3n) is 5.38. The molecule has 1 spiro atoms.